The van der Waals surface area contributed by atoms with Gasteiger partial charge in [0.2, 0.25) is 5.91 Å². The number of hydrogen-bond acceptors (Lipinski definition) is 2. The van der Waals surface area contributed by atoms with Crippen molar-refractivity contribution in [2.24, 2.45) is 5.73 Å². The van der Waals surface area contributed by atoms with Crippen LogP contribution in [0.15, 0.2) is 24.5 Å². The Morgan fingerprint density at radius 2 is 2.23 bits per heavy atom. The summed E-state index contributed by atoms with van der Waals surface area (Å²) in [6, 6.07) is 5.10. The summed E-state index contributed by atoms with van der Waals surface area (Å²) in [6.07, 6.45) is 1.58. The molecule has 4 heteroatoms. The minimum Gasteiger partial charge on any atom is -0.366 e. The molecule has 1 aromatic carbocycles. The molecule has 0 atom stereocenters. The normalized spacial score (nSPS) is 9.54. The number of rotatable bonds is 1. The van der Waals surface area contributed by atoms with E-state index in [1.807, 2.05) is 0 Å². The number of imidazole rings is 1. The summed E-state index contributed by atoms with van der Waals surface area (Å²) in [5, 5.41) is 0. The maximum absolute atomic E-state index is 10.8. The number of amides is 1. The van der Waals surface area contributed by atoms with E-state index in [-0.39, 0.29) is 7.43 Å². The zero-order valence-electron chi connectivity index (χ0n) is 6.24. The van der Waals surface area contributed by atoms with Gasteiger partial charge in [-0.15, -0.1) is 0 Å². The smallest absolute Gasteiger partial charge is 0.248 e. The van der Waals surface area contributed by atoms with Crippen LogP contribution in [-0.2, 0) is 0 Å². The highest BCUT2D eigenvalue weighted by atomic mass is 16.1. The van der Waals surface area contributed by atoms with Gasteiger partial charge >= 0.3 is 0 Å². The molecule has 2 aromatic rings. The van der Waals surface area contributed by atoms with Crippen molar-refractivity contribution >= 4 is 16.9 Å². The molecule has 3 N–H and O–H groups in total. The average Bonchev–Trinajstić information content (AvgIpc) is 2.49. The number of aromatic nitrogens is 2. The number of nitrogens with one attached hydrogen (secondary N) is 1. The van der Waals surface area contributed by atoms with Crippen LogP contribution in [0, 0.1) is 0 Å². The first kappa shape index (κ1) is 9.25. The van der Waals surface area contributed by atoms with Gasteiger partial charge in [0.25, 0.3) is 0 Å². The Morgan fingerprint density at radius 1 is 1.46 bits per heavy atom. The minimum absolute atomic E-state index is 0. The second-order valence-corrected chi connectivity index (χ2v) is 2.50. The molecule has 0 bridgehead atoms. The van der Waals surface area contributed by atoms with Crippen molar-refractivity contribution in [2.75, 3.05) is 0 Å². The van der Waals surface area contributed by atoms with Crippen LogP contribution in [-0.4, -0.2) is 15.9 Å². The molecule has 0 saturated heterocycles. The molecule has 2 rings (SSSR count). The van der Waals surface area contributed by atoms with Crippen LogP contribution in [0.5, 0.6) is 0 Å². The highest BCUT2D eigenvalue weighted by molar-refractivity contribution is 5.96. The molecule has 1 heterocycles. The van der Waals surface area contributed by atoms with Crippen LogP contribution in [0.2, 0.25) is 0 Å². The van der Waals surface area contributed by atoms with Crippen LogP contribution >= 0.6 is 0 Å². The number of primary amides is 1. The Labute approximate surface area is 75.8 Å². The summed E-state index contributed by atoms with van der Waals surface area (Å²) in [7, 11) is 0. The lowest BCUT2D eigenvalue weighted by molar-refractivity contribution is 0.100. The molecule has 1 aromatic heterocycles. The topological polar surface area (TPSA) is 71.8 Å². The SMILES string of the molecule is C.NC(=O)c1ccc2nc[nH]c2c1. The summed E-state index contributed by atoms with van der Waals surface area (Å²) >= 11 is 0. The van der Waals surface area contributed by atoms with Crippen molar-refractivity contribution in [1.82, 2.24) is 9.97 Å². The lowest BCUT2D eigenvalue weighted by atomic mass is 10.2. The van der Waals surface area contributed by atoms with Crippen molar-refractivity contribution in [3.8, 4) is 0 Å². The Bertz CT molecular complexity index is 433. The Morgan fingerprint density at radius 3 is 2.92 bits per heavy atom. The molecular weight excluding hydrogens is 166 g/mol. The zero-order valence-corrected chi connectivity index (χ0v) is 6.24. The summed E-state index contributed by atoms with van der Waals surface area (Å²) < 4.78 is 0. The first-order chi connectivity index (χ1) is 5.77. The molecule has 0 unspecified atom stereocenters. The number of nitrogens with zero attached hydrogens (tertiary/aromatic N) is 1. The third-order valence-corrected chi connectivity index (χ3v) is 1.70. The van der Waals surface area contributed by atoms with Gasteiger partial charge < -0.3 is 10.7 Å². The number of carbonyl (C=O) groups excluding carboxylic acids is 1. The molecule has 0 aliphatic heterocycles. The number of hydrogen-bond donors (Lipinski definition) is 2. The monoisotopic (exact) mass is 177 g/mol. The summed E-state index contributed by atoms with van der Waals surface area (Å²) in [4.78, 5) is 17.7. The highest BCUT2D eigenvalue weighted by Crippen LogP contribution is 2.10. The van der Waals surface area contributed by atoms with E-state index in [2.05, 4.69) is 9.97 Å². The molecule has 0 fully saturated rings. The highest BCUT2D eigenvalue weighted by Gasteiger charge is 2.01. The Hall–Kier alpha value is -1.84. The van der Waals surface area contributed by atoms with E-state index in [9.17, 15) is 4.79 Å². The second kappa shape index (κ2) is 3.26. The molecule has 0 saturated carbocycles. The molecule has 0 radical (unpaired) electrons. The lowest BCUT2D eigenvalue weighted by Gasteiger charge is -1.93. The fourth-order valence-corrected chi connectivity index (χ4v) is 1.09. The molecule has 13 heavy (non-hydrogen) atoms. The molecule has 4 nitrogen and oxygen atoms in total. The van der Waals surface area contributed by atoms with Gasteiger partial charge in [-0.05, 0) is 18.2 Å². The number of fused-ring (bicyclic) bond motifs is 1. The van der Waals surface area contributed by atoms with E-state index >= 15 is 0 Å². The molecule has 0 aliphatic rings. The maximum atomic E-state index is 10.8. The van der Waals surface area contributed by atoms with Gasteiger partial charge in [0.1, 0.15) is 0 Å². The van der Waals surface area contributed by atoms with Crippen molar-refractivity contribution in [2.45, 2.75) is 7.43 Å². The predicted octanol–water partition coefficient (Wildman–Crippen LogP) is 1.30. The van der Waals surface area contributed by atoms with Gasteiger partial charge in [-0.3, -0.25) is 4.79 Å². The van der Waals surface area contributed by atoms with E-state index < -0.39 is 5.91 Å². The number of carbonyl (C=O) groups is 1. The fourth-order valence-electron chi connectivity index (χ4n) is 1.09. The van der Waals surface area contributed by atoms with E-state index in [1.165, 1.54) is 0 Å². The number of aromatic amines is 1. The maximum Gasteiger partial charge on any atom is 0.248 e. The molecule has 1 amide bonds. The van der Waals surface area contributed by atoms with E-state index in [0.29, 0.717) is 5.56 Å². The van der Waals surface area contributed by atoms with Crippen LogP contribution in [0.1, 0.15) is 17.8 Å². The van der Waals surface area contributed by atoms with Gasteiger partial charge in [-0.2, -0.15) is 0 Å². The first-order valence-corrected chi connectivity index (χ1v) is 3.50. The number of H-pyrrole nitrogens is 1. The molecule has 0 spiro atoms. The fraction of sp³-hybridized carbons (Fsp3) is 0.111. The van der Waals surface area contributed by atoms with E-state index in [1.54, 1.807) is 24.5 Å². The van der Waals surface area contributed by atoms with Gasteiger partial charge in [0.15, 0.2) is 0 Å². The predicted molar refractivity (Wildman–Crippen MR) is 51.3 cm³/mol. The number of nitrogens with two attached hydrogens (primary N) is 1. The van der Waals surface area contributed by atoms with Crippen molar-refractivity contribution in [1.29, 1.82) is 0 Å². The molecule has 68 valence electrons. The average molecular weight is 177 g/mol. The third-order valence-electron chi connectivity index (χ3n) is 1.70. The molecular formula is C9H11N3O. The minimum atomic E-state index is -0.425. The Balaban J connectivity index is 0.000000845. The zero-order chi connectivity index (χ0) is 8.55. The Kier molecular flexibility index (Phi) is 2.32. The van der Waals surface area contributed by atoms with Crippen molar-refractivity contribution < 1.29 is 4.79 Å². The second-order valence-electron chi connectivity index (χ2n) is 2.50. The lowest BCUT2D eigenvalue weighted by Crippen LogP contribution is -2.10. The largest absolute Gasteiger partial charge is 0.366 e. The van der Waals surface area contributed by atoms with Crippen LogP contribution in [0.4, 0.5) is 0 Å². The first-order valence-electron chi connectivity index (χ1n) is 3.50. The van der Waals surface area contributed by atoms with Crippen LogP contribution < -0.4 is 5.73 Å². The standard InChI is InChI=1S/C8H7N3O.CH4/c9-8(12)5-1-2-6-7(3-5)11-4-10-6;/h1-4H,(H2,9,12)(H,10,11);1H4. The van der Waals surface area contributed by atoms with Crippen molar-refractivity contribution in [3.63, 3.8) is 0 Å². The summed E-state index contributed by atoms with van der Waals surface area (Å²) in [5.41, 5.74) is 7.25. The van der Waals surface area contributed by atoms with E-state index in [4.69, 9.17) is 5.73 Å². The summed E-state index contributed by atoms with van der Waals surface area (Å²) in [6.45, 7) is 0. The number of benzene rings is 1. The van der Waals surface area contributed by atoms with Crippen LogP contribution in [0.25, 0.3) is 11.0 Å². The van der Waals surface area contributed by atoms with Crippen molar-refractivity contribution in [3.05, 3.63) is 30.1 Å². The van der Waals surface area contributed by atoms with Gasteiger partial charge in [0.05, 0.1) is 17.4 Å². The molecule has 0 aliphatic carbocycles. The van der Waals surface area contributed by atoms with Gasteiger partial charge in [-0.1, -0.05) is 7.43 Å². The van der Waals surface area contributed by atoms with Gasteiger partial charge in [0, 0.05) is 5.56 Å². The summed E-state index contributed by atoms with van der Waals surface area (Å²) in [5.74, 6) is -0.425. The third kappa shape index (κ3) is 1.51. The van der Waals surface area contributed by atoms with Gasteiger partial charge in [-0.25, -0.2) is 4.98 Å². The quantitative estimate of drug-likeness (QED) is 0.689. The van der Waals surface area contributed by atoms with Crippen LogP contribution in [0.3, 0.4) is 0 Å². The van der Waals surface area contributed by atoms with E-state index in [0.717, 1.165) is 11.0 Å².